The van der Waals surface area contributed by atoms with Gasteiger partial charge in [-0.2, -0.15) is 0 Å². The summed E-state index contributed by atoms with van der Waals surface area (Å²) in [5.41, 5.74) is 0. The Hall–Kier alpha value is -0.0800. The summed E-state index contributed by atoms with van der Waals surface area (Å²) in [7, 11) is 0. The number of aliphatic hydroxyl groups is 1. The molecule has 1 fully saturated rings. The summed E-state index contributed by atoms with van der Waals surface area (Å²) in [6.07, 6.45) is 2.12. The summed E-state index contributed by atoms with van der Waals surface area (Å²) in [4.78, 5) is 2.44. The van der Waals surface area contributed by atoms with Crippen molar-refractivity contribution in [3.8, 4) is 0 Å². The Morgan fingerprint density at radius 2 is 2.36 bits per heavy atom. The van der Waals surface area contributed by atoms with Crippen molar-refractivity contribution in [1.82, 2.24) is 4.90 Å². The minimum absolute atomic E-state index is 0.133. The third-order valence-electron chi connectivity index (χ3n) is 2.37. The van der Waals surface area contributed by atoms with Gasteiger partial charge in [-0.15, -0.1) is 0 Å². The molecular formula is C9H19NO. The molecule has 2 nitrogen and oxygen atoms in total. The molecule has 66 valence electrons. The first-order valence-electron chi connectivity index (χ1n) is 4.59. The van der Waals surface area contributed by atoms with Crippen molar-refractivity contribution >= 4 is 0 Å². The zero-order valence-corrected chi connectivity index (χ0v) is 7.58. The van der Waals surface area contributed by atoms with Gasteiger partial charge in [0.2, 0.25) is 0 Å². The van der Waals surface area contributed by atoms with E-state index >= 15 is 0 Å². The molecule has 0 aromatic carbocycles. The summed E-state index contributed by atoms with van der Waals surface area (Å²) >= 11 is 0. The summed E-state index contributed by atoms with van der Waals surface area (Å²) in [6, 6.07) is 0. The fourth-order valence-electron chi connectivity index (χ4n) is 1.60. The minimum Gasteiger partial charge on any atom is -0.393 e. The van der Waals surface area contributed by atoms with Gasteiger partial charge in [0.25, 0.3) is 0 Å². The summed E-state index contributed by atoms with van der Waals surface area (Å²) in [5.74, 6) is 0.865. The lowest BCUT2D eigenvalue weighted by Crippen LogP contribution is -2.24. The van der Waals surface area contributed by atoms with Crippen molar-refractivity contribution in [2.75, 3.05) is 19.6 Å². The Morgan fingerprint density at radius 1 is 1.64 bits per heavy atom. The Bertz CT molecular complexity index is 114. The van der Waals surface area contributed by atoms with E-state index in [2.05, 4.69) is 11.8 Å². The van der Waals surface area contributed by atoms with E-state index < -0.39 is 0 Å². The normalized spacial score (nSPS) is 29.2. The van der Waals surface area contributed by atoms with Crippen molar-refractivity contribution in [1.29, 1.82) is 0 Å². The van der Waals surface area contributed by atoms with Crippen molar-refractivity contribution in [2.24, 2.45) is 5.92 Å². The Labute approximate surface area is 69.2 Å². The van der Waals surface area contributed by atoms with E-state index in [1.165, 1.54) is 19.5 Å². The van der Waals surface area contributed by atoms with Gasteiger partial charge in [-0.25, -0.2) is 0 Å². The molecule has 2 heteroatoms. The Morgan fingerprint density at radius 3 is 2.82 bits per heavy atom. The van der Waals surface area contributed by atoms with E-state index in [-0.39, 0.29) is 6.10 Å². The molecule has 0 aromatic rings. The second kappa shape index (κ2) is 4.07. The quantitative estimate of drug-likeness (QED) is 0.663. The lowest BCUT2D eigenvalue weighted by molar-refractivity contribution is 0.163. The van der Waals surface area contributed by atoms with Crippen LogP contribution in [-0.4, -0.2) is 35.7 Å². The van der Waals surface area contributed by atoms with Crippen molar-refractivity contribution in [3.63, 3.8) is 0 Å². The van der Waals surface area contributed by atoms with E-state index in [1.807, 2.05) is 6.92 Å². The number of hydrogen-bond donors (Lipinski definition) is 1. The Kier molecular flexibility index (Phi) is 3.34. The van der Waals surface area contributed by atoms with Gasteiger partial charge in [0.05, 0.1) is 6.10 Å². The van der Waals surface area contributed by atoms with Crippen LogP contribution in [0.4, 0.5) is 0 Å². The molecule has 2 unspecified atom stereocenters. The molecule has 0 aliphatic carbocycles. The molecule has 0 spiro atoms. The highest BCUT2D eigenvalue weighted by atomic mass is 16.3. The monoisotopic (exact) mass is 157 g/mol. The van der Waals surface area contributed by atoms with Gasteiger partial charge in [0.15, 0.2) is 0 Å². The maximum atomic E-state index is 9.05. The molecule has 2 atom stereocenters. The standard InChI is InChI=1S/C9H19NO/c1-8-3-5-10(7-8)6-4-9(2)11/h8-9,11H,3-7H2,1-2H3. The van der Waals surface area contributed by atoms with Crippen LogP contribution in [0.25, 0.3) is 0 Å². The highest BCUT2D eigenvalue weighted by Gasteiger charge is 2.17. The zero-order chi connectivity index (χ0) is 8.27. The van der Waals surface area contributed by atoms with Crippen molar-refractivity contribution < 1.29 is 5.11 Å². The fraction of sp³-hybridized carbons (Fsp3) is 1.00. The third kappa shape index (κ3) is 3.21. The molecule has 0 amide bonds. The highest BCUT2D eigenvalue weighted by molar-refractivity contribution is 4.72. The molecule has 1 heterocycles. The SMILES string of the molecule is CC(O)CCN1CCC(C)C1. The van der Waals surface area contributed by atoms with E-state index in [9.17, 15) is 0 Å². The maximum absolute atomic E-state index is 9.05. The van der Waals surface area contributed by atoms with Gasteiger partial charge in [-0.1, -0.05) is 6.92 Å². The molecule has 1 saturated heterocycles. The largest absolute Gasteiger partial charge is 0.393 e. The summed E-state index contributed by atoms with van der Waals surface area (Å²) in [6.45, 7) is 7.69. The molecule has 1 N–H and O–H groups in total. The number of likely N-dealkylation sites (tertiary alicyclic amines) is 1. The smallest absolute Gasteiger partial charge is 0.0524 e. The van der Waals surface area contributed by atoms with Crippen molar-refractivity contribution in [3.05, 3.63) is 0 Å². The average molecular weight is 157 g/mol. The van der Waals surface area contributed by atoms with Crippen LogP contribution < -0.4 is 0 Å². The predicted octanol–water partition coefficient (Wildman–Crippen LogP) is 1.10. The van der Waals surface area contributed by atoms with Crippen LogP contribution in [0.2, 0.25) is 0 Å². The van der Waals surface area contributed by atoms with Gasteiger partial charge in [-0.05, 0) is 32.2 Å². The van der Waals surface area contributed by atoms with Crippen LogP contribution in [0.1, 0.15) is 26.7 Å². The number of rotatable bonds is 3. The number of aliphatic hydroxyl groups excluding tert-OH is 1. The van der Waals surface area contributed by atoms with E-state index in [0.29, 0.717) is 0 Å². The average Bonchev–Trinajstić information content (AvgIpc) is 2.31. The van der Waals surface area contributed by atoms with Crippen molar-refractivity contribution in [2.45, 2.75) is 32.8 Å². The second-order valence-electron chi connectivity index (χ2n) is 3.83. The molecule has 1 aliphatic heterocycles. The zero-order valence-electron chi connectivity index (χ0n) is 7.58. The summed E-state index contributed by atoms with van der Waals surface area (Å²) in [5, 5.41) is 9.05. The fourth-order valence-corrected chi connectivity index (χ4v) is 1.60. The van der Waals surface area contributed by atoms with Gasteiger partial charge >= 0.3 is 0 Å². The predicted molar refractivity (Wildman–Crippen MR) is 46.5 cm³/mol. The van der Waals surface area contributed by atoms with Crippen LogP contribution in [0.15, 0.2) is 0 Å². The Balaban J connectivity index is 2.08. The maximum Gasteiger partial charge on any atom is 0.0524 e. The van der Waals surface area contributed by atoms with E-state index in [0.717, 1.165) is 18.9 Å². The first-order chi connectivity index (χ1) is 5.18. The second-order valence-corrected chi connectivity index (χ2v) is 3.83. The lowest BCUT2D eigenvalue weighted by Gasteiger charge is -2.15. The molecule has 1 rings (SSSR count). The molecule has 0 radical (unpaired) electrons. The molecular weight excluding hydrogens is 138 g/mol. The summed E-state index contributed by atoms with van der Waals surface area (Å²) < 4.78 is 0. The molecule has 11 heavy (non-hydrogen) atoms. The van der Waals surface area contributed by atoms with E-state index in [4.69, 9.17) is 5.11 Å². The molecule has 1 aliphatic rings. The van der Waals surface area contributed by atoms with Crippen LogP contribution in [0.5, 0.6) is 0 Å². The molecule has 0 aromatic heterocycles. The van der Waals surface area contributed by atoms with Gasteiger partial charge in [0, 0.05) is 13.1 Å². The van der Waals surface area contributed by atoms with Gasteiger partial charge in [-0.3, -0.25) is 0 Å². The lowest BCUT2D eigenvalue weighted by atomic mass is 10.2. The highest BCUT2D eigenvalue weighted by Crippen LogP contribution is 2.14. The first kappa shape index (κ1) is 9.01. The molecule has 0 bridgehead atoms. The van der Waals surface area contributed by atoms with E-state index in [1.54, 1.807) is 0 Å². The van der Waals surface area contributed by atoms with Crippen LogP contribution in [-0.2, 0) is 0 Å². The topological polar surface area (TPSA) is 23.5 Å². The molecule has 0 saturated carbocycles. The first-order valence-corrected chi connectivity index (χ1v) is 4.59. The minimum atomic E-state index is -0.133. The third-order valence-corrected chi connectivity index (χ3v) is 2.37. The van der Waals surface area contributed by atoms with Gasteiger partial charge in [0.1, 0.15) is 0 Å². The van der Waals surface area contributed by atoms with Crippen LogP contribution in [0.3, 0.4) is 0 Å². The number of nitrogens with zero attached hydrogens (tertiary/aromatic N) is 1. The van der Waals surface area contributed by atoms with Crippen LogP contribution >= 0.6 is 0 Å². The van der Waals surface area contributed by atoms with Crippen LogP contribution in [0, 0.1) is 5.92 Å². The van der Waals surface area contributed by atoms with Gasteiger partial charge < -0.3 is 10.0 Å². The number of hydrogen-bond acceptors (Lipinski definition) is 2.